The number of aliphatic hydroxyl groups excluding tert-OH is 8. The van der Waals surface area contributed by atoms with Crippen molar-refractivity contribution in [3.8, 4) is 0 Å². The van der Waals surface area contributed by atoms with Gasteiger partial charge in [-0.05, 0) is 0 Å². The van der Waals surface area contributed by atoms with Crippen molar-refractivity contribution in [2.45, 2.75) is 67.2 Å². The summed E-state index contributed by atoms with van der Waals surface area (Å²) >= 11 is 0. The summed E-state index contributed by atoms with van der Waals surface area (Å²) in [7, 11) is 1.25. The lowest BCUT2D eigenvalue weighted by molar-refractivity contribution is -0.269. The Morgan fingerprint density at radius 3 is 1.67 bits per heavy atom. The summed E-state index contributed by atoms with van der Waals surface area (Å²) in [5.74, 6) is 0. The first-order chi connectivity index (χ1) is 11.2. The largest absolute Gasteiger partial charge is 0.394 e. The number of aliphatic hydroxyl groups is 8. The zero-order chi connectivity index (χ0) is 18.2. The Labute approximate surface area is 137 Å². The molecule has 0 bridgehead atoms. The number of hydrogen-bond acceptors (Lipinski definition) is 11. The third-order valence-electron chi connectivity index (χ3n) is 4.63. The van der Waals surface area contributed by atoms with Gasteiger partial charge in [0.1, 0.15) is 48.8 Å². The fraction of sp³-hybridized carbons (Fsp3) is 1.00. The molecule has 2 unspecified atom stereocenters. The summed E-state index contributed by atoms with van der Waals surface area (Å²) in [6, 6.07) is -2.51. The average molecular weight is 355 g/mol. The number of hydrogen-bond donors (Lipinski definition) is 9. The minimum Gasteiger partial charge on any atom is -0.394 e. The Morgan fingerprint density at radius 1 is 0.750 bits per heavy atom. The molecule has 1 aliphatic carbocycles. The third-order valence-corrected chi connectivity index (χ3v) is 4.63. The summed E-state index contributed by atoms with van der Waals surface area (Å²) < 4.78 is 10.3. The van der Waals surface area contributed by atoms with Crippen molar-refractivity contribution in [2.24, 2.45) is 0 Å². The van der Waals surface area contributed by atoms with Crippen LogP contribution in [0.25, 0.3) is 0 Å². The van der Waals surface area contributed by atoms with Crippen molar-refractivity contribution in [2.75, 3.05) is 13.7 Å². The molecule has 142 valence electrons. The van der Waals surface area contributed by atoms with Crippen LogP contribution in [0.1, 0.15) is 0 Å². The maximum Gasteiger partial charge on any atom is 0.175 e. The molecule has 11 heteroatoms. The van der Waals surface area contributed by atoms with Gasteiger partial charge >= 0.3 is 0 Å². The highest BCUT2D eigenvalue weighted by Crippen LogP contribution is 2.26. The van der Waals surface area contributed by atoms with Gasteiger partial charge in [-0.3, -0.25) is 5.32 Å². The van der Waals surface area contributed by atoms with Gasteiger partial charge in [-0.25, -0.2) is 0 Å². The normalized spacial score (nSPS) is 53.1. The summed E-state index contributed by atoms with van der Waals surface area (Å²) in [6.07, 6.45) is -13.8. The molecule has 1 saturated heterocycles. The van der Waals surface area contributed by atoms with Crippen LogP contribution in [0.15, 0.2) is 0 Å². The van der Waals surface area contributed by atoms with Gasteiger partial charge < -0.3 is 50.3 Å². The maximum atomic E-state index is 10.2. The van der Waals surface area contributed by atoms with Crippen molar-refractivity contribution in [1.82, 2.24) is 5.32 Å². The van der Waals surface area contributed by atoms with Crippen molar-refractivity contribution in [1.29, 1.82) is 0 Å². The lowest BCUT2D eigenvalue weighted by Gasteiger charge is -2.47. The predicted molar refractivity (Wildman–Crippen MR) is 75.5 cm³/mol. The number of rotatable bonds is 4. The predicted octanol–water partition coefficient (Wildman–Crippen LogP) is -5.78. The van der Waals surface area contributed by atoms with Crippen LogP contribution in [0, 0.1) is 0 Å². The van der Waals surface area contributed by atoms with Crippen LogP contribution in [-0.4, -0.2) is 122 Å². The molecule has 2 fully saturated rings. The first-order valence-electron chi connectivity index (χ1n) is 7.56. The molecule has 2 aliphatic rings. The topological polar surface area (TPSA) is 192 Å². The molecule has 0 spiro atoms. The molecule has 1 aliphatic heterocycles. The first kappa shape index (κ1) is 19.9. The van der Waals surface area contributed by atoms with Crippen LogP contribution in [0.3, 0.4) is 0 Å². The van der Waals surface area contributed by atoms with Gasteiger partial charge in [0.05, 0.1) is 18.7 Å². The van der Waals surface area contributed by atoms with E-state index < -0.39 is 73.8 Å². The summed E-state index contributed by atoms with van der Waals surface area (Å²) in [6.45, 7) is -0.566. The average Bonchev–Trinajstić information content (AvgIpc) is 2.58. The number of nitrogens with one attached hydrogen (secondary N) is 1. The van der Waals surface area contributed by atoms with E-state index >= 15 is 0 Å². The van der Waals surface area contributed by atoms with Crippen LogP contribution in [0.5, 0.6) is 0 Å². The highest BCUT2D eigenvalue weighted by molar-refractivity contribution is 5.05. The van der Waals surface area contributed by atoms with Gasteiger partial charge in [-0.15, -0.1) is 0 Å². The third kappa shape index (κ3) is 3.43. The van der Waals surface area contributed by atoms with Gasteiger partial charge in [-0.2, -0.15) is 0 Å². The summed E-state index contributed by atoms with van der Waals surface area (Å²) in [4.78, 5) is 0. The molecule has 24 heavy (non-hydrogen) atoms. The van der Waals surface area contributed by atoms with Crippen LogP contribution >= 0.6 is 0 Å². The Bertz CT molecular complexity index is 396. The molecule has 0 amide bonds. The van der Waals surface area contributed by atoms with Gasteiger partial charge in [0.15, 0.2) is 6.29 Å². The Kier molecular flexibility index (Phi) is 6.50. The Balaban J connectivity index is 2.17. The molecule has 9 N–H and O–H groups in total. The quantitative estimate of drug-likeness (QED) is 0.233. The molecule has 11 atom stereocenters. The van der Waals surface area contributed by atoms with E-state index in [1.54, 1.807) is 0 Å². The molecule has 11 nitrogen and oxygen atoms in total. The smallest absolute Gasteiger partial charge is 0.175 e. The molecule has 2 rings (SSSR count). The van der Waals surface area contributed by atoms with Crippen molar-refractivity contribution < 1.29 is 50.3 Å². The number of ether oxygens (including phenoxy) is 2. The number of methoxy groups -OCH3 is 1. The lowest BCUT2D eigenvalue weighted by Crippen LogP contribution is -2.73. The van der Waals surface area contributed by atoms with Crippen LogP contribution in [0.4, 0.5) is 0 Å². The highest BCUT2D eigenvalue weighted by Gasteiger charge is 2.52. The van der Waals surface area contributed by atoms with Gasteiger partial charge in [0.25, 0.3) is 0 Å². The SMILES string of the molecule is CO[C@H]1O[C@H](CO)[C@@H](O)[C@H](O)[C@H]1NC1[C@H](O)[C@H](O)C(O)[C@H](O)[C@H]1O. The van der Waals surface area contributed by atoms with E-state index in [-0.39, 0.29) is 0 Å². The fourth-order valence-corrected chi connectivity index (χ4v) is 3.11. The van der Waals surface area contributed by atoms with Crippen LogP contribution in [0.2, 0.25) is 0 Å². The molecule has 1 saturated carbocycles. The van der Waals surface area contributed by atoms with E-state index in [9.17, 15) is 35.7 Å². The van der Waals surface area contributed by atoms with Gasteiger partial charge in [0.2, 0.25) is 0 Å². The molecular formula is C13H25NO10. The molecule has 0 radical (unpaired) electrons. The zero-order valence-electron chi connectivity index (χ0n) is 13.0. The molecule has 0 aromatic heterocycles. The van der Waals surface area contributed by atoms with Crippen molar-refractivity contribution in [3.63, 3.8) is 0 Å². The minimum absolute atomic E-state index is 0.566. The maximum absolute atomic E-state index is 10.2. The van der Waals surface area contributed by atoms with E-state index in [1.807, 2.05) is 0 Å². The molecule has 0 aromatic carbocycles. The van der Waals surface area contributed by atoms with E-state index in [4.69, 9.17) is 14.6 Å². The van der Waals surface area contributed by atoms with Gasteiger partial charge in [0, 0.05) is 7.11 Å². The minimum atomic E-state index is -1.75. The standard InChI is InChI=1S/C13H25NO10/c1-23-13-5(9(19)6(16)3(2-15)24-13)14-4-7(17)10(20)12(22)11(21)8(4)18/h3-22H,2H2,1H3/t3-,4?,5-,6-,7+,8+,9-,10-,11+,12?,13+/m1/s1. The second-order valence-corrected chi connectivity index (χ2v) is 6.11. The molecular weight excluding hydrogens is 330 g/mol. The highest BCUT2D eigenvalue weighted by atomic mass is 16.7. The molecule has 0 aromatic rings. The van der Waals surface area contributed by atoms with E-state index in [0.29, 0.717) is 0 Å². The van der Waals surface area contributed by atoms with Crippen molar-refractivity contribution >= 4 is 0 Å². The second-order valence-electron chi connectivity index (χ2n) is 6.11. The molecule has 1 heterocycles. The van der Waals surface area contributed by atoms with Crippen molar-refractivity contribution in [3.05, 3.63) is 0 Å². The lowest BCUT2D eigenvalue weighted by atomic mass is 9.82. The van der Waals surface area contributed by atoms with Gasteiger partial charge in [-0.1, -0.05) is 0 Å². The van der Waals surface area contributed by atoms with Crippen LogP contribution < -0.4 is 5.32 Å². The fourth-order valence-electron chi connectivity index (χ4n) is 3.11. The van der Waals surface area contributed by atoms with E-state index in [0.717, 1.165) is 0 Å². The second kappa shape index (κ2) is 7.85. The first-order valence-corrected chi connectivity index (χ1v) is 7.56. The van der Waals surface area contributed by atoms with E-state index in [2.05, 4.69) is 5.32 Å². The van der Waals surface area contributed by atoms with E-state index in [1.165, 1.54) is 7.11 Å². The van der Waals surface area contributed by atoms with Crippen LogP contribution in [-0.2, 0) is 9.47 Å². The summed E-state index contributed by atoms with van der Waals surface area (Å²) in [5, 5.41) is 81.0. The summed E-state index contributed by atoms with van der Waals surface area (Å²) in [5.41, 5.74) is 0. The zero-order valence-corrected chi connectivity index (χ0v) is 13.0. The Hall–Kier alpha value is -0.440. The monoisotopic (exact) mass is 355 g/mol. The Morgan fingerprint density at radius 2 is 1.21 bits per heavy atom.